The first-order chi connectivity index (χ1) is 13.6. The summed E-state index contributed by atoms with van der Waals surface area (Å²) >= 11 is 0. The van der Waals surface area contributed by atoms with Gasteiger partial charge < -0.3 is 23.8 Å². The van der Waals surface area contributed by atoms with Crippen LogP contribution in [0.25, 0.3) is 0 Å². The number of hydrogen-bond donors (Lipinski definition) is 1. The monoisotopic (exact) mass is 435 g/mol. The Labute approximate surface area is 173 Å². The van der Waals surface area contributed by atoms with Crippen LogP contribution < -0.4 is 5.32 Å². The van der Waals surface area contributed by atoms with Gasteiger partial charge in [-0.05, 0) is 48.0 Å². The maximum atomic E-state index is 13.2. The van der Waals surface area contributed by atoms with Crippen LogP contribution in [0.4, 0.5) is 0 Å². The van der Waals surface area contributed by atoms with E-state index in [1.54, 1.807) is 41.5 Å². The van der Waals surface area contributed by atoms with E-state index >= 15 is 0 Å². The van der Waals surface area contributed by atoms with Gasteiger partial charge >= 0.3 is 19.5 Å². The third-order valence-corrected chi connectivity index (χ3v) is 5.56. The number of esters is 2. The Balaban J connectivity index is 5.78. The molecule has 0 aliphatic rings. The minimum absolute atomic E-state index is 0.0136. The number of allylic oxidation sites excluding steroid dienone is 1. The van der Waals surface area contributed by atoms with Crippen LogP contribution in [0.3, 0.4) is 0 Å². The summed E-state index contributed by atoms with van der Waals surface area (Å²) in [5.41, 5.74) is 0.454. The van der Waals surface area contributed by atoms with Crippen molar-refractivity contribution in [2.24, 2.45) is 0 Å². The van der Waals surface area contributed by atoms with Crippen molar-refractivity contribution in [2.45, 2.75) is 72.6 Å². The largest absolute Gasteiger partial charge is 0.466 e. The number of carbonyl (C=O) groups excluding carboxylic acids is 3. The van der Waals surface area contributed by atoms with Crippen molar-refractivity contribution in [1.29, 1.82) is 0 Å². The molecule has 0 saturated carbocycles. The first-order valence-electron chi connectivity index (χ1n) is 9.74. The van der Waals surface area contributed by atoms with E-state index in [4.69, 9.17) is 18.5 Å². The number of nitrogens with one attached hydrogen (secondary N) is 1. The van der Waals surface area contributed by atoms with E-state index in [1.165, 1.54) is 6.08 Å². The highest BCUT2D eigenvalue weighted by Gasteiger charge is 2.30. The van der Waals surface area contributed by atoms with E-state index in [0.717, 1.165) is 0 Å². The Morgan fingerprint density at radius 3 is 1.97 bits per heavy atom. The Morgan fingerprint density at radius 1 is 0.966 bits per heavy atom. The second-order valence-electron chi connectivity index (χ2n) is 6.72. The van der Waals surface area contributed by atoms with Crippen molar-refractivity contribution in [3.8, 4) is 0 Å². The maximum Gasteiger partial charge on any atom is 0.335 e. The maximum absolute atomic E-state index is 13.2. The zero-order valence-corrected chi connectivity index (χ0v) is 19.0. The molecule has 0 saturated heterocycles. The van der Waals surface area contributed by atoms with E-state index in [9.17, 15) is 18.9 Å². The van der Waals surface area contributed by atoms with Crippen molar-refractivity contribution in [3.63, 3.8) is 0 Å². The van der Waals surface area contributed by atoms with Crippen LogP contribution in [0, 0.1) is 0 Å². The summed E-state index contributed by atoms with van der Waals surface area (Å²) < 4.78 is 34.2. The van der Waals surface area contributed by atoms with Gasteiger partial charge in [0.2, 0.25) is 6.41 Å². The molecule has 0 heterocycles. The van der Waals surface area contributed by atoms with Crippen LogP contribution in [0.15, 0.2) is 11.6 Å². The van der Waals surface area contributed by atoms with Gasteiger partial charge in [-0.15, -0.1) is 0 Å². The summed E-state index contributed by atoms with van der Waals surface area (Å²) in [6, 6.07) is -1.09. The molecular formula is C19H34NO8P. The van der Waals surface area contributed by atoms with E-state index in [-0.39, 0.29) is 44.4 Å². The lowest BCUT2D eigenvalue weighted by atomic mass is 10.1. The molecule has 0 aliphatic carbocycles. The lowest BCUT2D eigenvalue weighted by Gasteiger charge is -2.24. The molecule has 0 bridgehead atoms. The molecule has 9 nitrogen and oxygen atoms in total. The normalized spacial score (nSPS) is 13.3. The summed E-state index contributed by atoms with van der Waals surface area (Å²) in [6.45, 7) is 10.6. The summed E-state index contributed by atoms with van der Waals surface area (Å²) in [6.07, 6.45) is 1.10. The number of hydrogen-bond acceptors (Lipinski definition) is 8. The first kappa shape index (κ1) is 27.3. The summed E-state index contributed by atoms with van der Waals surface area (Å²) in [4.78, 5) is 34.8. The first-order valence-corrected chi connectivity index (χ1v) is 11.5. The minimum Gasteiger partial charge on any atom is -0.466 e. The zero-order chi connectivity index (χ0) is 22.4. The summed E-state index contributed by atoms with van der Waals surface area (Å²) in [5.74, 6) is -1.10. The second kappa shape index (κ2) is 14.3. The molecule has 0 radical (unpaired) electrons. The SMILES string of the molecule is CCOC(=O)CC/C(=C\C(NC=O)C(=O)OCC)CP(=O)(OC(C)C)OC(C)C. The fourth-order valence-electron chi connectivity index (χ4n) is 2.43. The van der Waals surface area contributed by atoms with Gasteiger partial charge in [0.25, 0.3) is 0 Å². The molecule has 10 heteroatoms. The van der Waals surface area contributed by atoms with E-state index in [1.807, 2.05) is 0 Å². The topological polar surface area (TPSA) is 117 Å². The Morgan fingerprint density at radius 2 is 1.52 bits per heavy atom. The van der Waals surface area contributed by atoms with E-state index in [0.29, 0.717) is 12.0 Å². The lowest BCUT2D eigenvalue weighted by molar-refractivity contribution is -0.145. The predicted octanol–water partition coefficient (Wildman–Crippen LogP) is 2.98. The molecule has 0 aliphatic heterocycles. The average Bonchev–Trinajstić information content (AvgIpc) is 2.58. The van der Waals surface area contributed by atoms with Gasteiger partial charge in [-0.2, -0.15) is 0 Å². The quantitative estimate of drug-likeness (QED) is 0.181. The van der Waals surface area contributed by atoms with Crippen LogP contribution in [0.5, 0.6) is 0 Å². The van der Waals surface area contributed by atoms with Crippen molar-refractivity contribution >= 4 is 25.9 Å². The molecule has 1 atom stereocenters. The van der Waals surface area contributed by atoms with Crippen molar-refractivity contribution in [3.05, 3.63) is 11.6 Å². The van der Waals surface area contributed by atoms with E-state index < -0.39 is 25.6 Å². The molecule has 1 N–H and O–H groups in total. The van der Waals surface area contributed by atoms with Crippen molar-refractivity contribution in [2.75, 3.05) is 19.4 Å². The fourth-order valence-corrected chi connectivity index (χ4v) is 4.67. The molecule has 0 spiro atoms. The van der Waals surface area contributed by atoms with Gasteiger partial charge in [-0.3, -0.25) is 14.2 Å². The third-order valence-electron chi connectivity index (χ3n) is 3.29. The van der Waals surface area contributed by atoms with Gasteiger partial charge in [0.15, 0.2) is 0 Å². The van der Waals surface area contributed by atoms with Crippen LogP contribution in [0.1, 0.15) is 54.4 Å². The molecule has 29 heavy (non-hydrogen) atoms. The van der Waals surface area contributed by atoms with E-state index in [2.05, 4.69) is 5.32 Å². The van der Waals surface area contributed by atoms with Crippen LogP contribution in [-0.4, -0.2) is 56.0 Å². The van der Waals surface area contributed by atoms with Crippen molar-refractivity contribution in [1.82, 2.24) is 5.32 Å². The Hall–Kier alpha value is -1.70. The molecule has 0 aromatic carbocycles. The number of amides is 1. The molecule has 1 unspecified atom stereocenters. The highest BCUT2D eigenvalue weighted by Crippen LogP contribution is 2.52. The molecule has 0 fully saturated rings. The third kappa shape index (κ3) is 12.5. The molecule has 0 aromatic heterocycles. The Kier molecular flexibility index (Phi) is 13.5. The van der Waals surface area contributed by atoms with Gasteiger partial charge in [0, 0.05) is 6.42 Å². The average molecular weight is 435 g/mol. The second-order valence-corrected chi connectivity index (χ2v) is 8.68. The molecular weight excluding hydrogens is 401 g/mol. The van der Waals surface area contributed by atoms with Crippen LogP contribution in [0.2, 0.25) is 0 Å². The van der Waals surface area contributed by atoms with Gasteiger partial charge in [-0.25, -0.2) is 4.79 Å². The summed E-state index contributed by atoms with van der Waals surface area (Å²) in [5, 5.41) is 2.36. The highest BCUT2D eigenvalue weighted by atomic mass is 31.2. The lowest BCUT2D eigenvalue weighted by Crippen LogP contribution is -2.36. The molecule has 1 amide bonds. The van der Waals surface area contributed by atoms with Crippen molar-refractivity contribution < 1.29 is 37.5 Å². The highest BCUT2D eigenvalue weighted by molar-refractivity contribution is 7.54. The van der Waals surface area contributed by atoms with Crippen LogP contribution >= 0.6 is 7.60 Å². The minimum atomic E-state index is -3.57. The van der Waals surface area contributed by atoms with Gasteiger partial charge in [0.05, 0.1) is 31.6 Å². The molecule has 0 aromatic rings. The zero-order valence-electron chi connectivity index (χ0n) is 18.1. The van der Waals surface area contributed by atoms with Gasteiger partial charge in [0.1, 0.15) is 6.04 Å². The predicted molar refractivity (Wildman–Crippen MR) is 108 cm³/mol. The summed E-state index contributed by atoms with van der Waals surface area (Å²) in [7, 11) is -3.57. The standard InChI is InChI=1S/C19H34NO8P/c1-7-25-18(22)10-9-16(11-17(20-13-21)19(23)26-8-2)12-29(24,27-14(3)4)28-15(5)6/h11,13-15,17H,7-10,12H2,1-6H3,(H,20,21)/b16-11+. The number of ether oxygens (including phenoxy) is 2. The molecule has 168 valence electrons. The van der Waals surface area contributed by atoms with Crippen LogP contribution in [-0.2, 0) is 37.5 Å². The fraction of sp³-hybridized carbons (Fsp3) is 0.737. The number of rotatable bonds is 15. The Bertz CT molecular complexity index is 589. The van der Waals surface area contributed by atoms with Gasteiger partial charge in [-0.1, -0.05) is 11.6 Å². The molecule has 0 rings (SSSR count). The smallest absolute Gasteiger partial charge is 0.335 e. The number of carbonyl (C=O) groups is 3.